The highest BCUT2D eigenvalue weighted by molar-refractivity contribution is 7.85. The molecule has 0 bridgehead atoms. The second kappa shape index (κ2) is 8.60. The van der Waals surface area contributed by atoms with E-state index in [4.69, 9.17) is 23.8 Å². The summed E-state index contributed by atoms with van der Waals surface area (Å²) in [5.74, 6) is 1.56. The Morgan fingerprint density at radius 3 is 2.61 bits per heavy atom. The fourth-order valence-electron chi connectivity index (χ4n) is 4.18. The molecule has 5 nitrogen and oxygen atoms in total. The molecule has 0 amide bonds. The molecule has 1 aromatic carbocycles. The number of aromatic nitrogens is 2. The van der Waals surface area contributed by atoms with Gasteiger partial charge in [0.05, 0.1) is 24.5 Å². The molecule has 2 aromatic rings. The topological polar surface area (TPSA) is 52.2 Å². The van der Waals surface area contributed by atoms with Gasteiger partial charge in [0.1, 0.15) is 12.2 Å². The maximum Gasteiger partial charge on any atom is 0.264 e. The molecule has 1 aliphatic rings. The third-order valence-electron chi connectivity index (χ3n) is 5.29. The number of rotatable bonds is 7. The monoisotopic (exact) mass is 421 g/mol. The number of nitrogens with zero attached hydrogens (tertiary/aromatic N) is 2. The Balaban J connectivity index is 1.98. The molecule has 0 spiro atoms. The van der Waals surface area contributed by atoms with E-state index < -0.39 is 10.1 Å². The Hall–Kier alpha value is -1.31. The minimum Gasteiger partial charge on any atom is -0.530 e. The lowest BCUT2D eigenvalue weighted by molar-refractivity contribution is -0.542. The van der Waals surface area contributed by atoms with Gasteiger partial charge in [0, 0.05) is 17.4 Å². The van der Waals surface area contributed by atoms with Crippen LogP contribution in [-0.2, 0) is 27.3 Å². The molecule has 1 atom stereocenters. The average molecular weight is 422 g/mol. The van der Waals surface area contributed by atoms with Gasteiger partial charge in [-0.3, -0.25) is 12.2 Å². The summed E-state index contributed by atoms with van der Waals surface area (Å²) in [7, 11) is 3.08. The molecule has 1 unspecified atom stereocenters. The third kappa shape index (κ3) is 4.81. The molecule has 3 rings (SSSR count). The van der Waals surface area contributed by atoms with Crippen LogP contribution in [0.4, 0.5) is 0 Å². The van der Waals surface area contributed by atoms with Crippen molar-refractivity contribution in [3.05, 3.63) is 52.1 Å². The zero-order valence-electron chi connectivity index (χ0n) is 16.7. The van der Waals surface area contributed by atoms with Gasteiger partial charge in [0.25, 0.3) is 10.1 Å². The minimum absolute atomic E-state index is 0.191. The highest BCUT2D eigenvalue weighted by Crippen LogP contribution is 2.35. The fraction of sp³-hybridized carbons (Fsp3) is 0.550. The van der Waals surface area contributed by atoms with E-state index in [9.17, 15) is 8.42 Å². The molecule has 3 radical (unpaired) electrons. The summed E-state index contributed by atoms with van der Waals surface area (Å²) in [6, 6.07) is 7.86. The van der Waals surface area contributed by atoms with Crippen molar-refractivity contribution in [2.24, 2.45) is 0 Å². The fourth-order valence-corrected chi connectivity index (χ4v) is 4.70. The van der Waals surface area contributed by atoms with Crippen molar-refractivity contribution in [2.75, 3.05) is 12.9 Å². The predicted molar refractivity (Wildman–Crippen MR) is 112 cm³/mol. The molecule has 1 aliphatic carbocycles. The summed E-state index contributed by atoms with van der Waals surface area (Å²) >= 11 is 6.04. The molecule has 1 aromatic heterocycles. The highest BCUT2D eigenvalue weighted by Gasteiger charge is 2.33. The summed E-state index contributed by atoms with van der Waals surface area (Å²) in [5, 5.41) is 0.715. The predicted octanol–water partition coefficient (Wildman–Crippen LogP) is 3.32. The van der Waals surface area contributed by atoms with Gasteiger partial charge in [-0.25, -0.2) is 4.57 Å². The molecule has 0 saturated heterocycles. The lowest BCUT2D eigenvalue weighted by Gasteiger charge is -2.22. The van der Waals surface area contributed by atoms with E-state index in [-0.39, 0.29) is 18.4 Å². The Morgan fingerprint density at radius 2 is 2.00 bits per heavy atom. The van der Waals surface area contributed by atoms with Gasteiger partial charge >= 0.3 is 0 Å². The Labute approximate surface area is 174 Å². The first-order valence-corrected chi connectivity index (χ1v) is 11.9. The van der Waals surface area contributed by atoms with Gasteiger partial charge < -0.3 is 4.48 Å². The number of hydrogen-bond donors (Lipinski definition) is 0. The van der Waals surface area contributed by atoms with Crippen molar-refractivity contribution < 1.29 is 17.1 Å². The zero-order valence-corrected chi connectivity index (χ0v) is 18.3. The van der Waals surface area contributed by atoms with Crippen LogP contribution in [0.3, 0.4) is 0 Å². The molecule has 0 aliphatic heterocycles. The largest absolute Gasteiger partial charge is 0.530 e. The molecular weight excluding hydrogens is 395 g/mol. The van der Waals surface area contributed by atoms with Crippen LogP contribution < -0.4 is 4.48 Å². The summed E-state index contributed by atoms with van der Waals surface area (Å²) in [4.78, 5) is 0. The van der Waals surface area contributed by atoms with Crippen molar-refractivity contribution in [3.63, 3.8) is 0 Å². The number of hydrogen-bond acceptors (Lipinski definition) is 3. The van der Waals surface area contributed by atoms with Crippen LogP contribution >= 0.6 is 11.6 Å². The van der Waals surface area contributed by atoms with Gasteiger partial charge in [-0.1, -0.05) is 37.6 Å². The van der Waals surface area contributed by atoms with Crippen molar-refractivity contribution >= 4 is 29.7 Å². The second-order valence-corrected chi connectivity index (χ2v) is 9.91. The molecule has 151 valence electrons. The smallest absolute Gasteiger partial charge is 0.264 e. The van der Waals surface area contributed by atoms with E-state index in [1.807, 2.05) is 28.7 Å². The minimum atomic E-state index is -3.43. The van der Waals surface area contributed by atoms with E-state index in [2.05, 4.69) is 18.4 Å². The summed E-state index contributed by atoms with van der Waals surface area (Å²) in [5.41, 5.74) is 3.51. The molecule has 8 heteroatoms. The number of benzene rings is 1. The summed E-state index contributed by atoms with van der Waals surface area (Å²) in [6.45, 7) is 5.19. The Morgan fingerprint density at radius 1 is 1.32 bits per heavy atom. The van der Waals surface area contributed by atoms with E-state index in [1.165, 1.54) is 5.69 Å². The van der Waals surface area contributed by atoms with Crippen LogP contribution in [0.1, 0.15) is 67.7 Å². The summed E-state index contributed by atoms with van der Waals surface area (Å²) < 4.78 is 31.9. The molecule has 0 fully saturated rings. The first-order valence-electron chi connectivity index (χ1n) is 9.68. The van der Waals surface area contributed by atoms with Gasteiger partial charge in [0.2, 0.25) is 5.82 Å². The SMILES string of the molecule is [B-][n+]1c2c(n(Cc3ccc(Cl)cc3)c1C(C)C)C(CCOS(C)(=O)=O)CCC2. The van der Waals surface area contributed by atoms with Gasteiger partial charge in [-0.15, -0.1) is 0 Å². The van der Waals surface area contributed by atoms with E-state index in [1.54, 1.807) is 0 Å². The first-order chi connectivity index (χ1) is 13.2. The normalized spacial score (nSPS) is 17.1. The maximum atomic E-state index is 11.3. The molecule has 28 heavy (non-hydrogen) atoms. The molecule has 0 N–H and O–H groups in total. The van der Waals surface area contributed by atoms with Crippen LogP contribution in [0.5, 0.6) is 0 Å². The molecular formula is C20H27BClN2O3S. The van der Waals surface area contributed by atoms with Crippen LogP contribution in [-0.4, -0.2) is 33.8 Å². The number of imidazole rings is 1. The Bertz CT molecular complexity index is 939. The van der Waals surface area contributed by atoms with Crippen LogP contribution in [0.25, 0.3) is 0 Å². The lowest BCUT2D eigenvalue weighted by atomic mass is 9.87. The maximum absolute atomic E-state index is 11.3. The number of fused-ring (bicyclic) bond motifs is 1. The average Bonchev–Trinajstić information content (AvgIpc) is 2.89. The second-order valence-electron chi connectivity index (χ2n) is 7.83. The van der Waals surface area contributed by atoms with Gasteiger partial charge in [0.15, 0.2) is 0 Å². The van der Waals surface area contributed by atoms with Gasteiger partial charge in [-0.05, 0) is 37.0 Å². The van der Waals surface area contributed by atoms with Crippen molar-refractivity contribution in [2.45, 2.75) is 57.9 Å². The molecule has 1 heterocycles. The van der Waals surface area contributed by atoms with E-state index in [0.29, 0.717) is 18.0 Å². The lowest BCUT2D eigenvalue weighted by Crippen LogP contribution is -2.40. The van der Waals surface area contributed by atoms with Crippen molar-refractivity contribution in [3.8, 4) is 0 Å². The van der Waals surface area contributed by atoms with Crippen LogP contribution in [0.2, 0.25) is 5.02 Å². The van der Waals surface area contributed by atoms with E-state index in [0.717, 1.165) is 42.6 Å². The number of halogens is 1. The van der Waals surface area contributed by atoms with Crippen molar-refractivity contribution in [1.82, 2.24) is 4.57 Å². The van der Waals surface area contributed by atoms with Crippen molar-refractivity contribution in [1.29, 1.82) is 0 Å². The van der Waals surface area contributed by atoms with Crippen LogP contribution in [0.15, 0.2) is 24.3 Å². The highest BCUT2D eigenvalue weighted by atomic mass is 35.5. The first kappa shape index (κ1) is 21.4. The summed E-state index contributed by atoms with van der Waals surface area (Å²) in [6.07, 6.45) is 4.72. The Kier molecular flexibility index (Phi) is 6.57. The standard InChI is InChI=1S/C20H27BClN2O3S/c1-14(2)20-23(13-15-7-9-17(22)10-8-15)19-16(11-12-27-28(3,25)26)5-4-6-18(19)24(20)21/h7-10,14,16H,4-6,11-13H2,1-3H3. The zero-order chi connectivity index (χ0) is 20.5. The molecule has 0 saturated carbocycles. The van der Waals surface area contributed by atoms with E-state index >= 15 is 0 Å². The third-order valence-corrected chi connectivity index (χ3v) is 6.13. The van der Waals surface area contributed by atoms with Crippen LogP contribution in [0, 0.1) is 0 Å². The van der Waals surface area contributed by atoms with Gasteiger partial charge in [-0.2, -0.15) is 8.42 Å². The quantitative estimate of drug-likeness (QED) is 0.509.